The van der Waals surface area contributed by atoms with Gasteiger partial charge in [0.1, 0.15) is 6.10 Å². The number of aromatic carboxylic acids is 1. The Labute approximate surface area is 131 Å². The third kappa shape index (κ3) is 3.03. The second-order valence-corrected chi connectivity index (χ2v) is 5.99. The van der Waals surface area contributed by atoms with E-state index in [2.05, 4.69) is 0 Å². The van der Waals surface area contributed by atoms with Gasteiger partial charge in [-0.1, -0.05) is 6.07 Å². The van der Waals surface area contributed by atoms with Crippen molar-refractivity contribution in [3.63, 3.8) is 0 Å². The minimum Gasteiger partial charge on any atom is -0.478 e. The first kappa shape index (κ1) is 14.7. The van der Waals surface area contributed by atoms with Crippen molar-refractivity contribution in [2.75, 3.05) is 19.7 Å². The number of hydrogen-bond donors (Lipinski definition) is 1. The molecule has 2 aromatic rings. The number of benzene rings is 1. The third-order valence-electron chi connectivity index (χ3n) is 3.59. The van der Waals surface area contributed by atoms with Crippen LogP contribution in [-0.2, 0) is 4.74 Å². The standard InChI is InChI=1S/C16H15NO4S/c18-15(11-3-5-12(6-4-11)16(19)20)17-7-8-21-13(10-17)14-2-1-9-22-14/h1-6,9,13H,7-8,10H2,(H,19,20). The lowest BCUT2D eigenvalue weighted by Crippen LogP contribution is -2.42. The van der Waals surface area contributed by atoms with Gasteiger partial charge in [0.25, 0.3) is 5.91 Å². The number of carbonyl (C=O) groups excluding carboxylic acids is 1. The molecule has 1 saturated heterocycles. The highest BCUT2D eigenvalue weighted by atomic mass is 32.1. The van der Waals surface area contributed by atoms with Crippen LogP contribution in [0.2, 0.25) is 0 Å². The Morgan fingerprint density at radius 2 is 1.91 bits per heavy atom. The van der Waals surface area contributed by atoms with E-state index in [4.69, 9.17) is 9.84 Å². The number of thiophene rings is 1. The van der Waals surface area contributed by atoms with Gasteiger partial charge in [0.2, 0.25) is 0 Å². The zero-order valence-electron chi connectivity index (χ0n) is 11.8. The topological polar surface area (TPSA) is 66.8 Å². The molecule has 0 radical (unpaired) electrons. The molecule has 1 fully saturated rings. The van der Waals surface area contributed by atoms with Gasteiger partial charge >= 0.3 is 5.97 Å². The van der Waals surface area contributed by atoms with Gasteiger partial charge < -0.3 is 14.7 Å². The number of carboxylic acid groups (broad SMARTS) is 1. The van der Waals surface area contributed by atoms with Crippen LogP contribution in [0, 0.1) is 0 Å². The Kier molecular flexibility index (Phi) is 4.22. The van der Waals surface area contributed by atoms with Crippen LogP contribution in [0.5, 0.6) is 0 Å². The van der Waals surface area contributed by atoms with E-state index in [0.717, 1.165) is 4.88 Å². The van der Waals surface area contributed by atoms with Crippen molar-refractivity contribution in [1.29, 1.82) is 0 Å². The van der Waals surface area contributed by atoms with Crippen LogP contribution in [0.15, 0.2) is 41.8 Å². The molecule has 2 heterocycles. The van der Waals surface area contributed by atoms with Gasteiger partial charge in [-0.3, -0.25) is 4.79 Å². The zero-order valence-corrected chi connectivity index (χ0v) is 12.6. The summed E-state index contributed by atoms with van der Waals surface area (Å²) in [4.78, 5) is 26.2. The number of morpholine rings is 1. The van der Waals surface area contributed by atoms with Gasteiger partial charge in [-0.15, -0.1) is 11.3 Å². The van der Waals surface area contributed by atoms with Crippen molar-refractivity contribution in [3.05, 3.63) is 57.8 Å². The van der Waals surface area contributed by atoms with Gasteiger partial charge in [0.05, 0.1) is 18.7 Å². The van der Waals surface area contributed by atoms with Crippen LogP contribution in [0.3, 0.4) is 0 Å². The summed E-state index contributed by atoms with van der Waals surface area (Å²) in [5.74, 6) is -1.09. The molecule has 114 valence electrons. The molecule has 22 heavy (non-hydrogen) atoms. The Morgan fingerprint density at radius 3 is 2.55 bits per heavy atom. The molecule has 1 aliphatic heterocycles. The fourth-order valence-corrected chi connectivity index (χ4v) is 3.18. The fourth-order valence-electron chi connectivity index (χ4n) is 2.42. The van der Waals surface area contributed by atoms with Crippen molar-refractivity contribution < 1.29 is 19.4 Å². The highest BCUT2D eigenvalue weighted by molar-refractivity contribution is 7.10. The average molecular weight is 317 g/mol. The van der Waals surface area contributed by atoms with Gasteiger partial charge in [-0.2, -0.15) is 0 Å². The summed E-state index contributed by atoms with van der Waals surface area (Å²) in [5, 5.41) is 10.9. The van der Waals surface area contributed by atoms with E-state index < -0.39 is 5.97 Å². The van der Waals surface area contributed by atoms with Crippen molar-refractivity contribution in [2.24, 2.45) is 0 Å². The quantitative estimate of drug-likeness (QED) is 0.945. The number of ether oxygens (including phenoxy) is 1. The van der Waals surface area contributed by atoms with Crippen molar-refractivity contribution in [3.8, 4) is 0 Å². The summed E-state index contributed by atoms with van der Waals surface area (Å²) in [5.41, 5.74) is 0.673. The Morgan fingerprint density at radius 1 is 1.18 bits per heavy atom. The minimum atomic E-state index is -0.997. The molecular formula is C16H15NO4S. The van der Waals surface area contributed by atoms with Crippen LogP contribution < -0.4 is 0 Å². The normalized spacial score (nSPS) is 18.2. The summed E-state index contributed by atoms with van der Waals surface area (Å²) in [6.45, 7) is 1.56. The average Bonchev–Trinajstić information content (AvgIpc) is 3.09. The molecule has 6 heteroatoms. The molecule has 3 rings (SSSR count). The van der Waals surface area contributed by atoms with Gasteiger partial charge in [0, 0.05) is 17.0 Å². The highest BCUT2D eigenvalue weighted by Crippen LogP contribution is 2.26. The fraction of sp³-hybridized carbons (Fsp3) is 0.250. The summed E-state index contributed by atoms with van der Waals surface area (Å²) >= 11 is 1.62. The second-order valence-electron chi connectivity index (χ2n) is 5.01. The summed E-state index contributed by atoms with van der Waals surface area (Å²) in [6, 6.07) is 9.99. The second kappa shape index (κ2) is 6.29. The number of carbonyl (C=O) groups is 2. The predicted molar refractivity (Wildman–Crippen MR) is 82.3 cm³/mol. The number of carboxylic acids is 1. The van der Waals surface area contributed by atoms with E-state index in [1.54, 1.807) is 28.4 Å². The largest absolute Gasteiger partial charge is 0.478 e. The molecule has 0 spiro atoms. The number of hydrogen-bond acceptors (Lipinski definition) is 4. The summed E-state index contributed by atoms with van der Waals surface area (Å²) in [7, 11) is 0. The summed E-state index contributed by atoms with van der Waals surface area (Å²) < 4.78 is 5.73. The lowest BCUT2D eigenvalue weighted by Gasteiger charge is -2.32. The van der Waals surface area contributed by atoms with Gasteiger partial charge in [-0.25, -0.2) is 4.79 Å². The van der Waals surface area contributed by atoms with E-state index in [0.29, 0.717) is 25.3 Å². The first-order valence-corrected chi connectivity index (χ1v) is 7.81. The molecule has 5 nitrogen and oxygen atoms in total. The predicted octanol–water partition coefficient (Wildman–Crippen LogP) is 2.66. The van der Waals surface area contributed by atoms with E-state index in [1.807, 2.05) is 17.5 Å². The smallest absolute Gasteiger partial charge is 0.335 e. The van der Waals surface area contributed by atoms with Crippen LogP contribution in [0.1, 0.15) is 31.7 Å². The van der Waals surface area contributed by atoms with Gasteiger partial charge in [-0.05, 0) is 35.7 Å². The number of rotatable bonds is 3. The number of nitrogens with zero attached hydrogens (tertiary/aromatic N) is 1. The molecule has 0 bridgehead atoms. The minimum absolute atomic E-state index is 0.0870. The molecule has 0 aliphatic carbocycles. The molecule has 0 saturated carbocycles. The molecular weight excluding hydrogens is 302 g/mol. The molecule has 1 aliphatic rings. The molecule has 1 atom stereocenters. The molecule has 1 aromatic carbocycles. The highest BCUT2D eigenvalue weighted by Gasteiger charge is 2.26. The summed E-state index contributed by atoms with van der Waals surface area (Å²) in [6.07, 6.45) is -0.0870. The van der Waals surface area contributed by atoms with Crippen LogP contribution >= 0.6 is 11.3 Å². The Balaban J connectivity index is 1.72. The maximum Gasteiger partial charge on any atom is 0.335 e. The van der Waals surface area contributed by atoms with Crippen LogP contribution in [-0.4, -0.2) is 41.6 Å². The Bertz CT molecular complexity index is 666. The van der Waals surface area contributed by atoms with Crippen LogP contribution in [0.4, 0.5) is 0 Å². The first-order chi connectivity index (χ1) is 10.6. The van der Waals surface area contributed by atoms with Crippen molar-refractivity contribution in [1.82, 2.24) is 4.90 Å². The molecule has 1 aromatic heterocycles. The van der Waals surface area contributed by atoms with Crippen molar-refractivity contribution in [2.45, 2.75) is 6.10 Å². The lowest BCUT2D eigenvalue weighted by atomic mass is 10.1. The van der Waals surface area contributed by atoms with Gasteiger partial charge in [0.15, 0.2) is 0 Å². The van der Waals surface area contributed by atoms with Crippen molar-refractivity contribution >= 4 is 23.2 Å². The SMILES string of the molecule is O=C(O)c1ccc(C(=O)N2CCOC(c3cccs3)C2)cc1. The van der Waals surface area contributed by atoms with Crippen LogP contribution in [0.25, 0.3) is 0 Å². The molecule has 1 amide bonds. The lowest BCUT2D eigenvalue weighted by molar-refractivity contribution is -0.0211. The van der Waals surface area contributed by atoms with E-state index in [1.165, 1.54) is 12.1 Å². The van der Waals surface area contributed by atoms with E-state index in [-0.39, 0.29) is 17.6 Å². The Hall–Kier alpha value is -2.18. The third-order valence-corrected chi connectivity index (χ3v) is 4.56. The monoisotopic (exact) mass is 317 g/mol. The van der Waals surface area contributed by atoms with E-state index in [9.17, 15) is 9.59 Å². The molecule has 1 unspecified atom stereocenters. The zero-order chi connectivity index (χ0) is 15.5. The maximum absolute atomic E-state index is 12.5. The van der Waals surface area contributed by atoms with E-state index >= 15 is 0 Å². The molecule has 1 N–H and O–H groups in total. The number of amides is 1. The maximum atomic E-state index is 12.5. The first-order valence-electron chi connectivity index (χ1n) is 6.93.